The summed E-state index contributed by atoms with van der Waals surface area (Å²) in [5.74, 6) is 1.49. The minimum atomic E-state index is -0.486. The average molecular weight is 312 g/mol. The van der Waals surface area contributed by atoms with Gasteiger partial charge in [-0.2, -0.15) is 0 Å². The van der Waals surface area contributed by atoms with Crippen LogP contribution in [0.3, 0.4) is 0 Å². The van der Waals surface area contributed by atoms with Crippen LogP contribution in [-0.2, 0) is 0 Å². The van der Waals surface area contributed by atoms with E-state index >= 15 is 0 Å². The van der Waals surface area contributed by atoms with Crippen LogP contribution in [0.25, 0.3) is 0 Å². The summed E-state index contributed by atoms with van der Waals surface area (Å²) in [6.45, 7) is 3.15. The van der Waals surface area contributed by atoms with Gasteiger partial charge in [0.15, 0.2) is 0 Å². The lowest BCUT2D eigenvalue weighted by Crippen LogP contribution is -2.43. The number of benzene rings is 1. The van der Waals surface area contributed by atoms with Gasteiger partial charge in [-0.1, -0.05) is 37.8 Å². The van der Waals surface area contributed by atoms with Crippen molar-refractivity contribution < 1.29 is 9.84 Å². The lowest BCUT2D eigenvalue weighted by Gasteiger charge is -2.32. The number of rotatable bonds is 7. The molecule has 2 rings (SSSR count). The molecule has 0 bridgehead atoms. The maximum absolute atomic E-state index is 10.0. The van der Waals surface area contributed by atoms with E-state index in [1.54, 1.807) is 12.1 Å². The van der Waals surface area contributed by atoms with Gasteiger partial charge in [-0.05, 0) is 43.0 Å². The van der Waals surface area contributed by atoms with Gasteiger partial charge in [-0.25, -0.2) is 0 Å². The Morgan fingerprint density at radius 1 is 1.29 bits per heavy atom. The van der Waals surface area contributed by atoms with Gasteiger partial charge < -0.3 is 15.2 Å². The minimum absolute atomic E-state index is 0.304. The molecule has 0 radical (unpaired) electrons. The maximum atomic E-state index is 10.0. The number of aliphatic hydroxyl groups is 1. The van der Waals surface area contributed by atoms with E-state index in [2.05, 4.69) is 12.2 Å². The molecule has 0 aliphatic heterocycles. The van der Waals surface area contributed by atoms with Crippen molar-refractivity contribution in [2.75, 3.05) is 13.2 Å². The maximum Gasteiger partial charge on any atom is 0.119 e. The average Bonchev–Trinajstić information content (AvgIpc) is 2.52. The van der Waals surface area contributed by atoms with Gasteiger partial charge in [0.2, 0.25) is 0 Å². The van der Waals surface area contributed by atoms with E-state index in [0.29, 0.717) is 24.2 Å². The molecule has 0 aromatic heterocycles. The van der Waals surface area contributed by atoms with Crippen molar-refractivity contribution in [1.82, 2.24) is 5.32 Å². The van der Waals surface area contributed by atoms with Crippen molar-refractivity contribution in [2.24, 2.45) is 5.92 Å². The molecule has 1 saturated carbocycles. The summed E-state index contributed by atoms with van der Waals surface area (Å²) in [6.07, 6.45) is 5.91. The number of ether oxygens (including phenoxy) is 1. The van der Waals surface area contributed by atoms with Crippen LogP contribution >= 0.6 is 11.6 Å². The predicted molar refractivity (Wildman–Crippen MR) is 87.0 cm³/mol. The zero-order chi connectivity index (χ0) is 15.1. The van der Waals surface area contributed by atoms with Crippen molar-refractivity contribution in [2.45, 2.75) is 51.2 Å². The highest BCUT2D eigenvalue weighted by atomic mass is 35.5. The third-order valence-corrected chi connectivity index (χ3v) is 4.56. The smallest absolute Gasteiger partial charge is 0.119 e. The third-order valence-electron chi connectivity index (χ3n) is 4.31. The van der Waals surface area contributed by atoms with Gasteiger partial charge >= 0.3 is 0 Å². The van der Waals surface area contributed by atoms with Crippen LogP contribution in [0.2, 0.25) is 5.02 Å². The van der Waals surface area contributed by atoms with Crippen molar-refractivity contribution >= 4 is 11.6 Å². The summed E-state index contributed by atoms with van der Waals surface area (Å²) in [7, 11) is 0. The number of halogens is 1. The molecular weight excluding hydrogens is 286 g/mol. The Kier molecular flexibility index (Phi) is 6.81. The summed E-state index contributed by atoms with van der Waals surface area (Å²) in [5.41, 5.74) is 0. The van der Waals surface area contributed by atoms with E-state index in [1.807, 2.05) is 12.1 Å². The molecule has 1 aliphatic rings. The van der Waals surface area contributed by atoms with Gasteiger partial charge in [-0.3, -0.25) is 0 Å². The first-order chi connectivity index (χ1) is 10.2. The van der Waals surface area contributed by atoms with Crippen molar-refractivity contribution in [1.29, 1.82) is 0 Å². The molecule has 3 unspecified atom stereocenters. The molecule has 3 nitrogen and oxygen atoms in total. The van der Waals surface area contributed by atoms with Crippen LogP contribution in [-0.4, -0.2) is 30.4 Å². The molecule has 1 aromatic carbocycles. The SMILES string of the molecule is CCC1CCCCC1NCC(O)COc1ccc(Cl)cc1. The molecule has 3 atom stereocenters. The predicted octanol–water partition coefficient (Wildman–Crippen LogP) is 3.64. The van der Waals surface area contributed by atoms with Gasteiger partial charge in [0.1, 0.15) is 18.5 Å². The summed E-state index contributed by atoms with van der Waals surface area (Å²) >= 11 is 5.82. The van der Waals surface area contributed by atoms with Crippen molar-refractivity contribution in [3.63, 3.8) is 0 Å². The Balaban J connectivity index is 1.69. The molecular formula is C17H26ClNO2. The minimum Gasteiger partial charge on any atom is -0.491 e. The Bertz CT molecular complexity index is 410. The molecule has 2 N–H and O–H groups in total. The summed E-state index contributed by atoms with van der Waals surface area (Å²) < 4.78 is 5.57. The topological polar surface area (TPSA) is 41.5 Å². The van der Waals surface area contributed by atoms with Crippen LogP contribution in [0.15, 0.2) is 24.3 Å². The normalized spacial score (nSPS) is 23.8. The Morgan fingerprint density at radius 3 is 2.71 bits per heavy atom. The summed E-state index contributed by atoms with van der Waals surface area (Å²) in [4.78, 5) is 0. The fourth-order valence-electron chi connectivity index (χ4n) is 3.03. The first-order valence-electron chi connectivity index (χ1n) is 7.99. The van der Waals surface area contributed by atoms with Gasteiger partial charge in [0.05, 0.1) is 0 Å². The molecule has 1 aliphatic carbocycles. The van der Waals surface area contributed by atoms with Crippen molar-refractivity contribution in [3.05, 3.63) is 29.3 Å². The standard InChI is InChI=1S/C17H26ClNO2/c1-2-13-5-3-4-6-17(13)19-11-15(20)12-21-16-9-7-14(18)8-10-16/h7-10,13,15,17,19-20H,2-6,11-12H2,1H3. The summed E-state index contributed by atoms with van der Waals surface area (Å²) in [6, 6.07) is 7.76. The van der Waals surface area contributed by atoms with E-state index in [0.717, 1.165) is 11.7 Å². The quantitative estimate of drug-likeness (QED) is 0.808. The third kappa shape index (κ3) is 5.50. The Hall–Kier alpha value is -0.770. The highest BCUT2D eigenvalue weighted by Crippen LogP contribution is 2.26. The zero-order valence-electron chi connectivity index (χ0n) is 12.7. The van der Waals surface area contributed by atoms with E-state index in [4.69, 9.17) is 16.3 Å². The zero-order valence-corrected chi connectivity index (χ0v) is 13.5. The second kappa shape index (κ2) is 8.62. The van der Waals surface area contributed by atoms with Crippen molar-refractivity contribution in [3.8, 4) is 5.75 Å². The molecule has 1 aromatic rings. The first kappa shape index (κ1) is 16.6. The van der Waals surface area contributed by atoms with Crippen LogP contribution < -0.4 is 10.1 Å². The number of hydrogen-bond donors (Lipinski definition) is 2. The highest BCUT2D eigenvalue weighted by molar-refractivity contribution is 6.30. The fourth-order valence-corrected chi connectivity index (χ4v) is 3.16. The van der Waals surface area contributed by atoms with Crippen LogP contribution in [0.1, 0.15) is 39.0 Å². The lowest BCUT2D eigenvalue weighted by atomic mass is 9.83. The number of hydrogen-bond acceptors (Lipinski definition) is 3. The van der Waals surface area contributed by atoms with Crippen LogP contribution in [0.4, 0.5) is 0 Å². The number of aliphatic hydroxyl groups excluding tert-OH is 1. The lowest BCUT2D eigenvalue weighted by molar-refractivity contribution is 0.0974. The van der Waals surface area contributed by atoms with Gasteiger partial charge in [-0.15, -0.1) is 0 Å². The monoisotopic (exact) mass is 311 g/mol. The molecule has 1 fully saturated rings. The van der Waals surface area contributed by atoms with Gasteiger partial charge in [0.25, 0.3) is 0 Å². The summed E-state index contributed by atoms with van der Waals surface area (Å²) in [5, 5.41) is 14.2. The molecule has 0 heterocycles. The van der Waals surface area contributed by atoms with E-state index in [9.17, 15) is 5.11 Å². The van der Waals surface area contributed by atoms with Crippen LogP contribution in [0.5, 0.6) is 5.75 Å². The van der Waals surface area contributed by atoms with E-state index in [-0.39, 0.29) is 0 Å². The van der Waals surface area contributed by atoms with Crippen LogP contribution in [0, 0.1) is 5.92 Å². The molecule has 4 heteroatoms. The molecule has 21 heavy (non-hydrogen) atoms. The highest BCUT2D eigenvalue weighted by Gasteiger charge is 2.23. The van der Waals surface area contributed by atoms with E-state index in [1.165, 1.54) is 32.1 Å². The molecule has 0 spiro atoms. The molecule has 0 amide bonds. The first-order valence-corrected chi connectivity index (χ1v) is 8.36. The second-order valence-electron chi connectivity index (χ2n) is 5.89. The fraction of sp³-hybridized carbons (Fsp3) is 0.647. The van der Waals surface area contributed by atoms with Gasteiger partial charge in [0, 0.05) is 17.6 Å². The Morgan fingerprint density at radius 2 is 2.00 bits per heavy atom. The second-order valence-corrected chi connectivity index (χ2v) is 6.32. The Labute approximate surface area is 132 Å². The molecule has 118 valence electrons. The molecule has 0 saturated heterocycles. The van der Waals surface area contributed by atoms with E-state index < -0.39 is 6.10 Å². The largest absolute Gasteiger partial charge is 0.491 e. The number of nitrogens with one attached hydrogen (secondary N) is 1.